The van der Waals surface area contributed by atoms with Gasteiger partial charge in [0.2, 0.25) is 0 Å². The van der Waals surface area contributed by atoms with E-state index >= 15 is 0 Å². The average Bonchev–Trinajstić information content (AvgIpc) is 2.74. The maximum atomic E-state index is 6.34. The number of para-hydroxylation sites is 1. The van der Waals surface area contributed by atoms with Gasteiger partial charge in [-0.1, -0.05) is 78.9 Å². The van der Waals surface area contributed by atoms with Gasteiger partial charge in [0.25, 0.3) is 0 Å². The molecule has 1 N–H and O–H groups in total. The normalized spacial score (nSPS) is 19.8. The number of hydrogen-bond donors (Lipinski definition) is 1. The van der Waals surface area contributed by atoms with Crippen molar-refractivity contribution in [1.82, 2.24) is 5.32 Å². The summed E-state index contributed by atoms with van der Waals surface area (Å²) in [6, 6.07) is 29.7. The molecule has 132 valence electrons. The van der Waals surface area contributed by atoms with Crippen molar-refractivity contribution < 1.29 is 4.74 Å². The highest BCUT2D eigenvalue weighted by molar-refractivity contribution is 5.70. The topological polar surface area (TPSA) is 21.3 Å². The van der Waals surface area contributed by atoms with Crippen LogP contribution in [0.2, 0.25) is 0 Å². The summed E-state index contributed by atoms with van der Waals surface area (Å²) in [6.45, 7) is 2.82. The minimum absolute atomic E-state index is 0.481. The molecule has 3 aromatic carbocycles. The van der Waals surface area contributed by atoms with Gasteiger partial charge < -0.3 is 10.1 Å². The van der Waals surface area contributed by atoms with Gasteiger partial charge in [0, 0.05) is 18.0 Å². The van der Waals surface area contributed by atoms with Crippen LogP contribution in [-0.4, -0.2) is 19.7 Å². The largest absolute Gasteiger partial charge is 0.493 e. The molecule has 26 heavy (non-hydrogen) atoms. The summed E-state index contributed by atoms with van der Waals surface area (Å²) in [5.74, 6) is 2.01. The van der Waals surface area contributed by atoms with Crippen LogP contribution in [0, 0.1) is 5.92 Å². The molecule has 0 aromatic heterocycles. The van der Waals surface area contributed by atoms with E-state index < -0.39 is 0 Å². The van der Waals surface area contributed by atoms with Gasteiger partial charge in [-0.2, -0.15) is 0 Å². The number of rotatable bonds is 5. The van der Waals surface area contributed by atoms with E-state index in [2.05, 4.69) is 84.2 Å². The van der Waals surface area contributed by atoms with Crippen LogP contribution in [0.1, 0.15) is 17.9 Å². The van der Waals surface area contributed by atoms with Gasteiger partial charge in [0.15, 0.2) is 0 Å². The quantitative estimate of drug-likeness (QED) is 0.694. The first-order valence-electron chi connectivity index (χ1n) is 9.45. The van der Waals surface area contributed by atoms with Crippen molar-refractivity contribution in [2.24, 2.45) is 5.92 Å². The van der Waals surface area contributed by atoms with Crippen LogP contribution < -0.4 is 10.1 Å². The van der Waals surface area contributed by atoms with Gasteiger partial charge in [-0.05, 0) is 36.1 Å². The predicted molar refractivity (Wildman–Crippen MR) is 108 cm³/mol. The molecule has 1 fully saturated rings. The Kier molecular flexibility index (Phi) is 5.32. The van der Waals surface area contributed by atoms with Gasteiger partial charge >= 0.3 is 0 Å². The Morgan fingerprint density at radius 1 is 0.808 bits per heavy atom. The first kappa shape index (κ1) is 16.9. The highest BCUT2D eigenvalue weighted by Crippen LogP contribution is 2.33. The summed E-state index contributed by atoms with van der Waals surface area (Å²) in [6.07, 6.45) is 1.17. The fourth-order valence-corrected chi connectivity index (χ4v) is 3.88. The van der Waals surface area contributed by atoms with E-state index in [1.54, 1.807) is 0 Å². The van der Waals surface area contributed by atoms with Crippen molar-refractivity contribution in [3.8, 4) is 16.9 Å². The van der Waals surface area contributed by atoms with Crippen LogP contribution in [0.3, 0.4) is 0 Å². The van der Waals surface area contributed by atoms with Gasteiger partial charge in [-0.3, -0.25) is 0 Å². The van der Waals surface area contributed by atoms with E-state index in [1.165, 1.54) is 17.5 Å². The first-order valence-corrected chi connectivity index (χ1v) is 9.45. The Bertz CT molecular complexity index is 816. The van der Waals surface area contributed by atoms with Crippen LogP contribution in [0.4, 0.5) is 0 Å². The number of hydrogen-bond acceptors (Lipinski definition) is 2. The Morgan fingerprint density at radius 2 is 1.50 bits per heavy atom. The van der Waals surface area contributed by atoms with Crippen molar-refractivity contribution >= 4 is 0 Å². The predicted octanol–water partition coefficient (Wildman–Crippen LogP) is 5.13. The van der Waals surface area contributed by atoms with Crippen molar-refractivity contribution in [2.75, 3.05) is 19.7 Å². The molecule has 0 bridgehead atoms. The summed E-state index contributed by atoms with van der Waals surface area (Å²) in [5, 5.41) is 3.54. The maximum Gasteiger partial charge on any atom is 0.127 e. The summed E-state index contributed by atoms with van der Waals surface area (Å²) >= 11 is 0. The fourth-order valence-electron chi connectivity index (χ4n) is 3.88. The summed E-state index contributed by atoms with van der Waals surface area (Å²) < 4.78 is 6.34. The third kappa shape index (κ3) is 3.81. The van der Waals surface area contributed by atoms with E-state index in [-0.39, 0.29) is 0 Å². The standard InChI is InChI=1S/C24H25NO/c1-3-9-19(10-4-1)22-15-16-25-17-21(22)18-26-24-14-8-7-13-23(24)20-11-5-2-6-12-20/h1-14,21-22,25H,15-18H2/t21-,22+/m0/s1. The second-order valence-corrected chi connectivity index (χ2v) is 6.94. The molecule has 0 radical (unpaired) electrons. The third-order valence-corrected chi connectivity index (χ3v) is 5.26. The Balaban J connectivity index is 1.52. The monoisotopic (exact) mass is 343 g/mol. The lowest BCUT2D eigenvalue weighted by molar-refractivity contribution is 0.197. The van der Waals surface area contributed by atoms with Crippen molar-refractivity contribution in [2.45, 2.75) is 12.3 Å². The summed E-state index contributed by atoms with van der Waals surface area (Å²) in [4.78, 5) is 0. The lowest BCUT2D eigenvalue weighted by Gasteiger charge is -2.32. The molecule has 1 aliphatic rings. The molecule has 1 heterocycles. The van der Waals surface area contributed by atoms with Gasteiger partial charge in [0.1, 0.15) is 5.75 Å². The highest BCUT2D eigenvalue weighted by Gasteiger charge is 2.27. The van der Waals surface area contributed by atoms with E-state index in [1.807, 2.05) is 6.07 Å². The highest BCUT2D eigenvalue weighted by atomic mass is 16.5. The zero-order valence-electron chi connectivity index (χ0n) is 15.0. The molecule has 1 saturated heterocycles. The van der Waals surface area contributed by atoms with E-state index in [4.69, 9.17) is 4.74 Å². The first-order chi connectivity index (χ1) is 12.9. The molecule has 4 rings (SSSR count). The van der Waals surface area contributed by atoms with Crippen LogP contribution in [-0.2, 0) is 0 Å². The molecule has 2 atom stereocenters. The third-order valence-electron chi connectivity index (χ3n) is 5.26. The number of benzene rings is 3. The minimum atomic E-state index is 0.481. The Hall–Kier alpha value is -2.58. The van der Waals surface area contributed by atoms with Crippen molar-refractivity contribution in [3.63, 3.8) is 0 Å². The number of piperidine rings is 1. The molecule has 0 unspecified atom stereocenters. The second kappa shape index (κ2) is 8.20. The molecular weight excluding hydrogens is 318 g/mol. The zero-order chi connectivity index (χ0) is 17.6. The van der Waals surface area contributed by atoms with Crippen LogP contribution in [0.15, 0.2) is 84.9 Å². The van der Waals surface area contributed by atoms with Crippen LogP contribution in [0.25, 0.3) is 11.1 Å². The Labute approximate surface area is 155 Å². The SMILES string of the molecule is c1ccc(-c2ccccc2OC[C@@H]2CNCC[C@@H]2c2ccccc2)cc1. The van der Waals surface area contributed by atoms with Gasteiger partial charge in [-0.25, -0.2) is 0 Å². The molecule has 1 aliphatic heterocycles. The second-order valence-electron chi connectivity index (χ2n) is 6.94. The van der Waals surface area contributed by atoms with Crippen molar-refractivity contribution in [1.29, 1.82) is 0 Å². The van der Waals surface area contributed by atoms with Gasteiger partial charge in [-0.15, -0.1) is 0 Å². The smallest absolute Gasteiger partial charge is 0.127 e. The fraction of sp³-hybridized carbons (Fsp3) is 0.250. The summed E-state index contributed by atoms with van der Waals surface area (Å²) in [5.41, 5.74) is 3.79. The van der Waals surface area contributed by atoms with E-state index in [0.717, 1.165) is 31.0 Å². The minimum Gasteiger partial charge on any atom is -0.493 e. The maximum absolute atomic E-state index is 6.34. The number of ether oxygens (including phenoxy) is 1. The molecule has 3 aromatic rings. The lowest BCUT2D eigenvalue weighted by Crippen LogP contribution is -2.38. The van der Waals surface area contributed by atoms with Crippen LogP contribution >= 0.6 is 0 Å². The molecule has 0 amide bonds. The lowest BCUT2D eigenvalue weighted by atomic mass is 9.81. The zero-order valence-corrected chi connectivity index (χ0v) is 15.0. The molecule has 0 saturated carbocycles. The average molecular weight is 343 g/mol. The molecule has 0 aliphatic carbocycles. The van der Waals surface area contributed by atoms with E-state index in [0.29, 0.717) is 11.8 Å². The Morgan fingerprint density at radius 3 is 2.31 bits per heavy atom. The molecular formula is C24H25NO. The van der Waals surface area contributed by atoms with Gasteiger partial charge in [0.05, 0.1) is 6.61 Å². The molecule has 0 spiro atoms. The molecule has 2 nitrogen and oxygen atoms in total. The molecule has 2 heteroatoms. The number of nitrogens with one attached hydrogen (secondary N) is 1. The summed E-state index contributed by atoms with van der Waals surface area (Å²) in [7, 11) is 0. The van der Waals surface area contributed by atoms with Crippen molar-refractivity contribution in [3.05, 3.63) is 90.5 Å². The van der Waals surface area contributed by atoms with E-state index in [9.17, 15) is 0 Å². The van der Waals surface area contributed by atoms with Crippen LogP contribution in [0.5, 0.6) is 5.75 Å².